The summed E-state index contributed by atoms with van der Waals surface area (Å²) in [5.74, 6) is 0.734. The number of aryl methyl sites for hydroxylation is 1. The third-order valence-corrected chi connectivity index (χ3v) is 5.20. The summed E-state index contributed by atoms with van der Waals surface area (Å²) in [6.45, 7) is 11.0. The average Bonchev–Trinajstić information content (AvgIpc) is 2.54. The lowest BCUT2D eigenvalue weighted by molar-refractivity contribution is -0.121. The Labute approximate surface area is 155 Å². The second-order valence-corrected chi connectivity index (χ2v) is 7.65. The van der Waals surface area contributed by atoms with E-state index in [1.165, 1.54) is 12.8 Å². The molecule has 0 aromatic carbocycles. The first-order valence-electron chi connectivity index (χ1n) is 9.46. The fourth-order valence-electron chi connectivity index (χ4n) is 3.89. The number of hydrogen-bond acceptors (Lipinski definition) is 4. The third kappa shape index (κ3) is 5.18. The second-order valence-electron chi connectivity index (χ2n) is 7.65. The predicted octanol–water partition coefficient (Wildman–Crippen LogP) is 2.03. The zero-order valence-corrected chi connectivity index (χ0v) is 16.3. The number of likely N-dealkylation sites (tertiary alicyclic amines) is 1. The van der Waals surface area contributed by atoms with Gasteiger partial charge in [0.25, 0.3) is 5.56 Å². The SMILES string of the molecule is Cc1[nH]c(=O)c(C#N)c(C)c1CCC(=O)N[C@H](C)CN1CCC[C@@H](C)C1. The molecule has 1 amide bonds. The van der Waals surface area contributed by atoms with Crippen LogP contribution in [-0.4, -0.2) is 41.5 Å². The molecule has 1 aliphatic heterocycles. The molecule has 6 heteroatoms. The number of hydrogen-bond donors (Lipinski definition) is 2. The lowest BCUT2D eigenvalue weighted by atomic mass is 9.99. The van der Waals surface area contributed by atoms with Crippen LogP contribution in [0.2, 0.25) is 0 Å². The topological polar surface area (TPSA) is 89.0 Å². The van der Waals surface area contributed by atoms with Crippen LogP contribution in [-0.2, 0) is 11.2 Å². The van der Waals surface area contributed by atoms with Gasteiger partial charge in [0.2, 0.25) is 5.91 Å². The summed E-state index contributed by atoms with van der Waals surface area (Å²) in [6.07, 6.45) is 3.38. The van der Waals surface area contributed by atoms with Gasteiger partial charge < -0.3 is 15.2 Å². The minimum absolute atomic E-state index is 0.00562. The largest absolute Gasteiger partial charge is 0.352 e. The van der Waals surface area contributed by atoms with Crippen LogP contribution in [0.3, 0.4) is 0 Å². The first kappa shape index (κ1) is 20.2. The highest BCUT2D eigenvalue weighted by molar-refractivity contribution is 5.76. The molecular formula is C20H30N4O2. The van der Waals surface area contributed by atoms with E-state index in [-0.39, 0.29) is 23.1 Å². The molecule has 1 aromatic rings. The summed E-state index contributed by atoms with van der Waals surface area (Å²) in [7, 11) is 0. The zero-order valence-electron chi connectivity index (χ0n) is 16.3. The van der Waals surface area contributed by atoms with Crippen molar-refractivity contribution in [1.82, 2.24) is 15.2 Å². The summed E-state index contributed by atoms with van der Waals surface area (Å²) < 4.78 is 0. The van der Waals surface area contributed by atoms with Crippen LogP contribution in [0.5, 0.6) is 0 Å². The van der Waals surface area contributed by atoms with Crippen molar-refractivity contribution in [2.45, 2.75) is 59.4 Å². The standard InChI is InChI=1S/C20H30N4O2/c1-13-6-5-9-24(11-13)12-14(2)22-19(25)8-7-17-15(3)18(10-21)20(26)23-16(17)4/h13-14H,5-9,11-12H2,1-4H3,(H,22,25)(H,23,26)/t13-,14-/m1/s1. The maximum Gasteiger partial charge on any atom is 0.266 e. The fraction of sp³-hybridized carbons (Fsp3) is 0.650. The Hall–Kier alpha value is -2.13. The molecule has 0 saturated carbocycles. The molecule has 2 rings (SSSR count). The van der Waals surface area contributed by atoms with Crippen molar-refractivity contribution in [3.63, 3.8) is 0 Å². The molecule has 0 bridgehead atoms. The van der Waals surface area contributed by atoms with Crippen LogP contribution in [0.1, 0.15) is 55.5 Å². The number of amides is 1. The van der Waals surface area contributed by atoms with Crippen molar-refractivity contribution < 1.29 is 4.79 Å². The first-order chi connectivity index (χ1) is 12.3. The Morgan fingerprint density at radius 2 is 2.19 bits per heavy atom. The number of nitrogens with one attached hydrogen (secondary N) is 2. The van der Waals surface area contributed by atoms with Crippen LogP contribution in [0.25, 0.3) is 0 Å². The van der Waals surface area contributed by atoms with Gasteiger partial charge in [0.1, 0.15) is 11.6 Å². The average molecular weight is 358 g/mol. The molecule has 0 aliphatic carbocycles. The molecule has 26 heavy (non-hydrogen) atoms. The molecule has 1 aromatic heterocycles. The molecule has 6 nitrogen and oxygen atoms in total. The Balaban J connectivity index is 1.89. The highest BCUT2D eigenvalue weighted by Gasteiger charge is 2.19. The molecule has 2 heterocycles. The Kier molecular flexibility index (Phi) is 6.98. The van der Waals surface area contributed by atoms with Crippen LogP contribution < -0.4 is 10.9 Å². The normalized spacial score (nSPS) is 19.0. The number of nitrogens with zero attached hydrogens (tertiary/aromatic N) is 2. The monoisotopic (exact) mass is 358 g/mol. The molecule has 1 aliphatic rings. The van der Waals surface area contributed by atoms with E-state index in [1.807, 2.05) is 19.9 Å². The van der Waals surface area contributed by atoms with E-state index in [0.717, 1.165) is 36.8 Å². The van der Waals surface area contributed by atoms with E-state index in [1.54, 1.807) is 6.92 Å². The van der Waals surface area contributed by atoms with E-state index >= 15 is 0 Å². The fourth-order valence-corrected chi connectivity index (χ4v) is 3.89. The number of pyridine rings is 1. The molecule has 0 radical (unpaired) electrons. The lowest BCUT2D eigenvalue weighted by Gasteiger charge is -2.32. The van der Waals surface area contributed by atoms with Crippen molar-refractivity contribution >= 4 is 5.91 Å². The van der Waals surface area contributed by atoms with E-state index in [2.05, 4.69) is 22.1 Å². The number of rotatable bonds is 6. The van der Waals surface area contributed by atoms with Gasteiger partial charge in [0, 0.05) is 31.2 Å². The highest BCUT2D eigenvalue weighted by Crippen LogP contribution is 2.16. The van der Waals surface area contributed by atoms with Crippen molar-refractivity contribution in [1.29, 1.82) is 5.26 Å². The highest BCUT2D eigenvalue weighted by atomic mass is 16.1. The molecule has 2 N–H and O–H groups in total. The molecular weight excluding hydrogens is 328 g/mol. The molecule has 0 unspecified atom stereocenters. The third-order valence-electron chi connectivity index (χ3n) is 5.20. The van der Waals surface area contributed by atoms with Gasteiger partial charge in [0.05, 0.1) is 0 Å². The minimum atomic E-state index is -0.361. The maximum absolute atomic E-state index is 12.3. The van der Waals surface area contributed by atoms with Crippen molar-refractivity contribution in [2.75, 3.05) is 19.6 Å². The summed E-state index contributed by atoms with van der Waals surface area (Å²) in [5.41, 5.74) is 2.07. The summed E-state index contributed by atoms with van der Waals surface area (Å²) in [4.78, 5) is 29.2. The molecule has 142 valence electrons. The lowest BCUT2D eigenvalue weighted by Crippen LogP contribution is -2.45. The smallest absolute Gasteiger partial charge is 0.266 e. The minimum Gasteiger partial charge on any atom is -0.352 e. The van der Waals surface area contributed by atoms with Gasteiger partial charge in [-0.1, -0.05) is 6.92 Å². The number of nitriles is 1. The quantitative estimate of drug-likeness (QED) is 0.814. The van der Waals surface area contributed by atoms with Crippen molar-refractivity contribution in [3.05, 3.63) is 32.7 Å². The second kappa shape index (κ2) is 9.00. The van der Waals surface area contributed by atoms with E-state index in [4.69, 9.17) is 5.26 Å². The van der Waals surface area contributed by atoms with Gasteiger partial charge in [-0.05, 0) is 63.6 Å². The van der Waals surface area contributed by atoms with Crippen LogP contribution in [0.4, 0.5) is 0 Å². The van der Waals surface area contributed by atoms with E-state index < -0.39 is 0 Å². The molecule has 2 atom stereocenters. The van der Waals surface area contributed by atoms with E-state index in [9.17, 15) is 9.59 Å². The maximum atomic E-state index is 12.3. The van der Waals surface area contributed by atoms with Gasteiger partial charge in [-0.3, -0.25) is 9.59 Å². The molecule has 1 fully saturated rings. The van der Waals surface area contributed by atoms with Crippen molar-refractivity contribution in [2.24, 2.45) is 5.92 Å². The number of aromatic amines is 1. The van der Waals surface area contributed by atoms with E-state index in [0.29, 0.717) is 18.4 Å². The number of carbonyl (C=O) groups is 1. The Morgan fingerprint density at radius 3 is 2.85 bits per heavy atom. The number of carbonyl (C=O) groups excluding carboxylic acids is 1. The summed E-state index contributed by atoms with van der Waals surface area (Å²) in [6, 6.07) is 2.06. The van der Waals surface area contributed by atoms with Crippen LogP contribution in [0, 0.1) is 31.1 Å². The Morgan fingerprint density at radius 1 is 1.46 bits per heavy atom. The molecule has 1 saturated heterocycles. The first-order valence-corrected chi connectivity index (χ1v) is 9.46. The van der Waals surface area contributed by atoms with Gasteiger partial charge in [-0.2, -0.15) is 5.26 Å². The van der Waals surface area contributed by atoms with Crippen LogP contribution >= 0.6 is 0 Å². The predicted molar refractivity (Wildman–Crippen MR) is 102 cm³/mol. The molecule has 0 spiro atoms. The van der Waals surface area contributed by atoms with Gasteiger partial charge >= 0.3 is 0 Å². The number of aromatic nitrogens is 1. The van der Waals surface area contributed by atoms with Crippen LogP contribution in [0.15, 0.2) is 4.79 Å². The zero-order chi connectivity index (χ0) is 19.3. The van der Waals surface area contributed by atoms with Gasteiger partial charge in [-0.25, -0.2) is 0 Å². The van der Waals surface area contributed by atoms with Gasteiger partial charge in [0.15, 0.2) is 0 Å². The number of piperidine rings is 1. The summed E-state index contributed by atoms with van der Waals surface area (Å²) in [5, 5.41) is 12.2. The number of H-pyrrole nitrogens is 1. The van der Waals surface area contributed by atoms with Crippen molar-refractivity contribution in [3.8, 4) is 6.07 Å². The van der Waals surface area contributed by atoms with Gasteiger partial charge in [-0.15, -0.1) is 0 Å². The Bertz CT molecular complexity index is 747. The summed E-state index contributed by atoms with van der Waals surface area (Å²) >= 11 is 0.